The van der Waals surface area contributed by atoms with E-state index in [1.807, 2.05) is 25.2 Å². The minimum absolute atomic E-state index is 0.0422. The summed E-state index contributed by atoms with van der Waals surface area (Å²) in [5.74, 6) is 1.24. The molecule has 2 aromatic carbocycles. The number of furan rings is 1. The third-order valence-electron chi connectivity index (χ3n) is 4.57. The highest BCUT2D eigenvalue weighted by molar-refractivity contribution is 6.04. The maximum atomic E-state index is 12.4. The predicted molar refractivity (Wildman–Crippen MR) is 113 cm³/mol. The molecule has 0 fully saturated rings. The first-order valence-electron chi connectivity index (χ1n) is 9.68. The molecule has 0 spiro atoms. The van der Waals surface area contributed by atoms with Crippen molar-refractivity contribution in [3.8, 4) is 5.75 Å². The van der Waals surface area contributed by atoms with Gasteiger partial charge in [0.15, 0.2) is 6.54 Å². The van der Waals surface area contributed by atoms with Gasteiger partial charge in [0, 0.05) is 16.8 Å². The molecule has 0 saturated heterocycles. The summed E-state index contributed by atoms with van der Waals surface area (Å²) in [5.41, 5.74) is 2.32. The molecule has 0 aliphatic carbocycles. The number of likely N-dealkylation sites (N-methyl/N-ethyl adjacent to an activating group) is 1. The third kappa shape index (κ3) is 6.22. The molecule has 0 aliphatic heterocycles. The molecule has 0 aliphatic rings. The van der Waals surface area contributed by atoms with Crippen LogP contribution in [0.4, 0.5) is 5.69 Å². The number of carbonyl (C=O) groups excluding carboxylic acids is 2. The lowest BCUT2D eigenvalue weighted by atomic mass is 10.1. The highest BCUT2D eigenvalue weighted by Gasteiger charge is 2.12. The van der Waals surface area contributed by atoms with E-state index in [0.29, 0.717) is 30.9 Å². The fourth-order valence-corrected chi connectivity index (χ4v) is 3.00. The molecule has 30 heavy (non-hydrogen) atoms. The lowest BCUT2D eigenvalue weighted by Gasteiger charge is -2.14. The Kier molecular flexibility index (Phi) is 7.24. The van der Waals surface area contributed by atoms with Crippen molar-refractivity contribution >= 4 is 17.5 Å². The number of rotatable bonds is 9. The van der Waals surface area contributed by atoms with Gasteiger partial charge in [-0.05, 0) is 48.5 Å². The van der Waals surface area contributed by atoms with E-state index in [2.05, 4.69) is 10.6 Å². The van der Waals surface area contributed by atoms with Gasteiger partial charge in [0.2, 0.25) is 0 Å². The van der Waals surface area contributed by atoms with Crippen LogP contribution in [0.2, 0.25) is 0 Å². The molecule has 0 saturated carbocycles. The topological polar surface area (TPSA) is 85.0 Å². The zero-order valence-corrected chi connectivity index (χ0v) is 17.1. The van der Waals surface area contributed by atoms with Gasteiger partial charge in [-0.25, -0.2) is 0 Å². The van der Waals surface area contributed by atoms with Crippen molar-refractivity contribution in [2.45, 2.75) is 13.1 Å². The number of benzene rings is 2. The second-order valence-corrected chi connectivity index (χ2v) is 7.05. The average Bonchev–Trinajstić information content (AvgIpc) is 3.27. The first-order chi connectivity index (χ1) is 14.5. The van der Waals surface area contributed by atoms with Crippen LogP contribution in [-0.2, 0) is 17.9 Å². The number of amides is 2. The van der Waals surface area contributed by atoms with Crippen LogP contribution >= 0.6 is 0 Å². The first kappa shape index (κ1) is 21.1. The monoisotopic (exact) mass is 408 g/mol. The number of ether oxygens (including phenoxy) is 1. The molecule has 1 unspecified atom stereocenters. The zero-order valence-electron chi connectivity index (χ0n) is 17.1. The van der Waals surface area contributed by atoms with E-state index in [1.165, 1.54) is 0 Å². The van der Waals surface area contributed by atoms with Crippen molar-refractivity contribution in [2.24, 2.45) is 0 Å². The average molecular weight is 408 g/mol. The Labute approximate surface area is 175 Å². The van der Waals surface area contributed by atoms with Crippen LogP contribution in [0, 0.1) is 0 Å². The molecule has 7 nitrogen and oxygen atoms in total. The molecule has 3 N–H and O–H groups in total. The van der Waals surface area contributed by atoms with Crippen molar-refractivity contribution in [3.05, 3.63) is 83.8 Å². The molecule has 156 valence electrons. The van der Waals surface area contributed by atoms with Gasteiger partial charge < -0.3 is 24.7 Å². The van der Waals surface area contributed by atoms with Crippen LogP contribution in [0.15, 0.2) is 71.3 Å². The Bertz CT molecular complexity index is 951. The van der Waals surface area contributed by atoms with E-state index in [0.717, 1.165) is 22.0 Å². The zero-order chi connectivity index (χ0) is 21.3. The van der Waals surface area contributed by atoms with E-state index in [-0.39, 0.29) is 11.8 Å². The summed E-state index contributed by atoms with van der Waals surface area (Å²) in [6.07, 6.45) is 1.58. The quantitative estimate of drug-likeness (QED) is 0.505. The number of carbonyl (C=O) groups is 2. The Hall–Kier alpha value is -3.58. The standard InChI is InChI=1S/C23H25N3O4/c1-26(16-22(27)24-14-21-4-3-13-30-21)15-17-5-7-18(8-6-17)23(28)25-19-9-11-20(29-2)12-10-19/h3-13H,14-16H2,1-2H3,(H,24,27)(H,25,28)/p+1. The van der Waals surface area contributed by atoms with Gasteiger partial charge >= 0.3 is 0 Å². The Morgan fingerprint density at radius 3 is 2.40 bits per heavy atom. The summed E-state index contributed by atoms with van der Waals surface area (Å²) in [7, 11) is 3.55. The van der Waals surface area contributed by atoms with Crippen LogP contribution < -0.4 is 20.3 Å². The number of hydrogen-bond donors (Lipinski definition) is 3. The van der Waals surface area contributed by atoms with Gasteiger partial charge in [0.25, 0.3) is 11.8 Å². The van der Waals surface area contributed by atoms with Gasteiger partial charge in [-0.15, -0.1) is 0 Å². The number of quaternary nitrogens is 1. The Morgan fingerprint density at radius 2 is 1.77 bits per heavy atom. The molecular formula is C23H26N3O4+. The highest BCUT2D eigenvalue weighted by Crippen LogP contribution is 2.16. The summed E-state index contributed by atoms with van der Waals surface area (Å²) in [5, 5.41) is 5.70. The second kappa shape index (κ2) is 10.3. The van der Waals surface area contributed by atoms with E-state index in [4.69, 9.17) is 9.15 Å². The summed E-state index contributed by atoms with van der Waals surface area (Å²) in [6, 6.07) is 18.2. The molecular weight excluding hydrogens is 382 g/mol. The number of methoxy groups -OCH3 is 1. The van der Waals surface area contributed by atoms with Crippen LogP contribution in [0.25, 0.3) is 0 Å². The maximum Gasteiger partial charge on any atom is 0.275 e. The lowest BCUT2D eigenvalue weighted by molar-refractivity contribution is -0.885. The van der Waals surface area contributed by atoms with Gasteiger partial charge in [0.05, 0.1) is 27.0 Å². The number of nitrogens with one attached hydrogen (secondary N) is 3. The summed E-state index contributed by atoms with van der Waals surface area (Å²) >= 11 is 0. The molecule has 1 atom stereocenters. The molecule has 0 radical (unpaired) electrons. The fraction of sp³-hybridized carbons (Fsp3) is 0.217. The second-order valence-electron chi connectivity index (χ2n) is 7.05. The van der Waals surface area contributed by atoms with Crippen LogP contribution in [-0.4, -0.2) is 32.5 Å². The molecule has 3 aromatic rings. The molecule has 3 rings (SSSR count). The van der Waals surface area contributed by atoms with Gasteiger partial charge in [-0.3, -0.25) is 9.59 Å². The lowest BCUT2D eigenvalue weighted by Crippen LogP contribution is -3.08. The normalized spacial score (nSPS) is 11.5. The van der Waals surface area contributed by atoms with Crippen molar-refractivity contribution in [1.29, 1.82) is 0 Å². The smallest absolute Gasteiger partial charge is 0.275 e. The minimum Gasteiger partial charge on any atom is -0.497 e. The molecule has 2 amide bonds. The van der Waals surface area contributed by atoms with Gasteiger partial charge in [-0.2, -0.15) is 0 Å². The Balaban J connectivity index is 1.46. The Morgan fingerprint density at radius 1 is 1.03 bits per heavy atom. The van der Waals surface area contributed by atoms with Gasteiger partial charge in [-0.1, -0.05) is 12.1 Å². The van der Waals surface area contributed by atoms with Crippen molar-refractivity contribution < 1.29 is 23.6 Å². The molecule has 1 heterocycles. The van der Waals surface area contributed by atoms with E-state index < -0.39 is 0 Å². The van der Waals surface area contributed by atoms with Crippen LogP contribution in [0.1, 0.15) is 21.7 Å². The van der Waals surface area contributed by atoms with E-state index >= 15 is 0 Å². The number of hydrogen-bond acceptors (Lipinski definition) is 4. The first-order valence-corrected chi connectivity index (χ1v) is 9.68. The maximum absolute atomic E-state index is 12.4. The minimum atomic E-state index is -0.176. The molecule has 0 bridgehead atoms. The summed E-state index contributed by atoms with van der Waals surface area (Å²) in [4.78, 5) is 25.5. The summed E-state index contributed by atoms with van der Waals surface area (Å²) < 4.78 is 10.3. The van der Waals surface area contributed by atoms with E-state index in [9.17, 15) is 9.59 Å². The summed E-state index contributed by atoms with van der Waals surface area (Å²) in [6.45, 7) is 1.41. The van der Waals surface area contributed by atoms with E-state index in [1.54, 1.807) is 55.8 Å². The van der Waals surface area contributed by atoms with Gasteiger partial charge in [0.1, 0.15) is 18.1 Å². The fourth-order valence-electron chi connectivity index (χ4n) is 3.00. The van der Waals surface area contributed by atoms with Crippen LogP contribution in [0.3, 0.4) is 0 Å². The van der Waals surface area contributed by atoms with Crippen LogP contribution in [0.5, 0.6) is 5.75 Å². The third-order valence-corrected chi connectivity index (χ3v) is 4.57. The molecule has 7 heteroatoms. The SMILES string of the molecule is COc1ccc(NC(=O)c2ccc(C[NH+](C)CC(=O)NCc3ccco3)cc2)cc1. The number of anilines is 1. The predicted octanol–water partition coefficient (Wildman–Crippen LogP) is 1.87. The molecule has 1 aromatic heterocycles. The highest BCUT2D eigenvalue weighted by atomic mass is 16.5. The van der Waals surface area contributed by atoms with Crippen molar-refractivity contribution in [2.75, 3.05) is 26.0 Å². The van der Waals surface area contributed by atoms with Crippen molar-refractivity contribution in [1.82, 2.24) is 5.32 Å². The van der Waals surface area contributed by atoms with Crippen molar-refractivity contribution in [3.63, 3.8) is 0 Å². The largest absolute Gasteiger partial charge is 0.497 e.